The maximum atomic E-state index is 13.2. The van der Waals surface area contributed by atoms with Crippen molar-refractivity contribution in [3.05, 3.63) is 59.9 Å². The fourth-order valence-corrected chi connectivity index (χ4v) is 2.69. The van der Waals surface area contributed by atoms with Crippen molar-refractivity contribution >= 4 is 0 Å². The summed E-state index contributed by atoms with van der Waals surface area (Å²) in [5, 5.41) is 3.75. The molecule has 0 spiro atoms. The number of hydrogen-bond donors (Lipinski definition) is 1. The molecule has 5 nitrogen and oxygen atoms in total. The van der Waals surface area contributed by atoms with E-state index in [-0.39, 0.29) is 0 Å². The van der Waals surface area contributed by atoms with Crippen LogP contribution in [0.2, 0.25) is 0 Å². The van der Waals surface area contributed by atoms with E-state index in [0.29, 0.717) is 29.4 Å². The molecule has 0 aliphatic heterocycles. The second kappa shape index (κ2) is 7.79. The minimum atomic E-state index is -4.54. The zero-order valence-electron chi connectivity index (χ0n) is 14.7. The third-order valence-corrected chi connectivity index (χ3v) is 4.09. The SMILES string of the molecule is COc1ccc(-n2nc(C(F)(F)F)cc2-c2ccc(CCCN)cc2)cn1. The van der Waals surface area contributed by atoms with E-state index in [1.807, 2.05) is 12.1 Å². The first-order valence-electron chi connectivity index (χ1n) is 8.39. The number of methoxy groups -OCH3 is 1. The maximum absolute atomic E-state index is 13.2. The Morgan fingerprint density at radius 3 is 2.41 bits per heavy atom. The lowest BCUT2D eigenvalue weighted by molar-refractivity contribution is -0.141. The van der Waals surface area contributed by atoms with Crippen LogP contribution in [0.25, 0.3) is 16.9 Å². The summed E-state index contributed by atoms with van der Waals surface area (Å²) in [4.78, 5) is 4.05. The van der Waals surface area contributed by atoms with Gasteiger partial charge in [-0.3, -0.25) is 0 Å². The van der Waals surface area contributed by atoms with Gasteiger partial charge in [0.05, 0.1) is 24.7 Å². The second-order valence-electron chi connectivity index (χ2n) is 5.97. The number of ether oxygens (including phenoxy) is 1. The number of nitrogens with zero attached hydrogens (tertiary/aromatic N) is 3. The van der Waals surface area contributed by atoms with Gasteiger partial charge in [-0.15, -0.1) is 0 Å². The van der Waals surface area contributed by atoms with Gasteiger partial charge in [-0.05, 0) is 37.1 Å². The van der Waals surface area contributed by atoms with E-state index in [0.717, 1.165) is 24.5 Å². The molecule has 0 fully saturated rings. The quantitative estimate of drug-likeness (QED) is 0.710. The lowest BCUT2D eigenvalue weighted by Crippen LogP contribution is -2.07. The molecular weight excluding hydrogens is 357 g/mol. The van der Waals surface area contributed by atoms with Crippen molar-refractivity contribution in [3.63, 3.8) is 0 Å². The number of nitrogens with two attached hydrogens (primary N) is 1. The van der Waals surface area contributed by atoms with Crippen LogP contribution in [0.1, 0.15) is 17.7 Å². The van der Waals surface area contributed by atoms with Crippen molar-refractivity contribution in [2.45, 2.75) is 19.0 Å². The normalized spacial score (nSPS) is 11.6. The largest absolute Gasteiger partial charge is 0.481 e. The predicted molar refractivity (Wildman–Crippen MR) is 95.7 cm³/mol. The van der Waals surface area contributed by atoms with Crippen LogP contribution in [0.5, 0.6) is 5.88 Å². The highest BCUT2D eigenvalue weighted by atomic mass is 19.4. The summed E-state index contributed by atoms with van der Waals surface area (Å²) in [7, 11) is 1.47. The van der Waals surface area contributed by atoms with Gasteiger partial charge in [0, 0.05) is 11.6 Å². The number of hydrogen-bond acceptors (Lipinski definition) is 4. The molecule has 27 heavy (non-hydrogen) atoms. The minimum absolute atomic E-state index is 0.333. The number of aryl methyl sites for hydroxylation is 1. The van der Waals surface area contributed by atoms with Gasteiger partial charge < -0.3 is 10.5 Å². The highest BCUT2D eigenvalue weighted by Gasteiger charge is 2.35. The molecule has 0 saturated heterocycles. The molecule has 0 radical (unpaired) electrons. The van der Waals surface area contributed by atoms with Crippen molar-refractivity contribution < 1.29 is 17.9 Å². The summed E-state index contributed by atoms with van der Waals surface area (Å²) in [6.45, 7) is 0.591. The van der Waals surface area contributed by atoms with Gasteiger partial charge in [0.2, 0.25) is 5.88 Å². The molecule has 0 atom stereocenters. The number of halogens is 3. The molecule has 0 aliphatic carbocycles. The molecule has 1 aromatic carbocycles. The molecule has 0 saturated carbocycles. The Balaban J connectivity index is 2.03. The lowest BCUT2D eigenvalue weighted by Gasteiger charge is -2.09. The van der Waals surface area contributed by atoms with Crippen LogP contribution in [-0.2, 0) is 12.6 Å². The number of alkyl halides is 3. The zero-order chi connectivity index (χ0) is 19.4. The molecular formula is C19H19F3N4O. The molecule has 3 aromatic rings. The predicted octanol–water partition coefficient (Wildman–Crippen LogP) is 3.85. The van der Waals surface area contributed by atoms with Crippen molar-refractivity contribution in [3.8, 4) is 22.8 Å². The van der Waals surface area contributed by atoms with Gasteiger partial charge >= 0.3 is 6.18 Å². The smallest absolute Gasteiger partial charge is 0.435 e. The Morgan fingerprint density at radius 2 is 1.85 bits per heavy atom. The summed E-state index contributed by atoms with van der Waals surface area (Å²) in [6, 6.07) is 11.6. The monoisotopic (exact) mass is 376 g/mol. The van der Waals surface area contributed by atoms with E-state index in [4.69, 9.17) is 10.5 Å². The van der Waals surface area contributed by atoms with Crippen LogP contribution in [0.15, 0.2) is 48.7 Å². The van der Waals surface area contributed by atoms with Crippen LogP contribution in [0.4, 0.5) is 13.2 Å². The van der Waals surface area contributed by atoms with Crippen molar-refractivity contribution in [1.29, 1.82) is 0 Å². The second-order valence-corrected chi connectivity index (χ2v) is 5.97. The zero-order valence-corrected chi connectivity index (χ0v) is 14.7. The lowest BCUT2D eigenvalue weighted by atomic mass is 10.1. The Labute approximate surface area is 154 Å². The molecule has 0 amide bonds. The Hall–Kier alpha value is -2.87. The van der Waals surface area contributed by atoms with E-state index < -0.39 is 11.9 Å². The fraction of sp³-hybridized carbons (Fsp3) is 0.263. The third kappa shape index (κ3) is 4.28. The van der Waals surface area contributed by atoms with E-state index in [1.165, 1.54) is 18.0 Å². The molecule has 0 aliphatic rings. The summed E-state index contributed by atoms with van der Waals surface area (Å²) in [6.07, 6.45) is -1.44. The van der Waals surface area contributed by atoms with E-state index in [1.54, 1.807) is 24.3 Å². The van der Waals surface area contributed by atoms with E-state index in [2.05, 4.69) is 10.1 Å². The molecule has 0 bridgehead atoms. The Kier molecular flexibility index (Phi) is 5.46. The minimum Gasteiger partial charge on any atom is -0.481 e. The highest BCUT2D eigenvalue weighted by Crippen LogP contribution is 2.33. The van der Waals surface area contributed by atoms with Crippen LogP contribution >= 0.6 is 0 Å². The summed E-state index contributed by atoms with van der Waals surface area (Å²) >= 11 is 0. The van der Waals surface area contributed by atoms with Gasteiger partial charge in [-0.2, -0.15) is 18.3 Å². The van der Waals surface area contributed by atoms with Crippen LogP contribution in [0, 0.1) is 0 Å². The van der Waals surface area contributed by atoms with Crippen LogP contribution in [0.3, 0.4) is 0 Å². The van der Waals surface area contributed by atoms with E-state index >= 15 is 0 Å². The molecule has 0 unspecified atom stereocenters. The van der Waals surface area contributed by atoms with Gasteiger partial charge in [0.25, 0.3) is 0 Å². The first-order chi connectivity index (χ1) is 12.9. The topological polar surface area (TPSA) is 66.0 Å². The van der Waals surface area contributed by atoms with Crippen molar-refractivity contribution in [1.82, 2.24) is 14.8 Å². The van der Waals surface area contributed by atoms with Gasteiger partial charge in [-0.1, -0.05) is 24.3 Å². The number of rotatable bonds is 6. The van der Waals surface area contributed by atoms with Crippen LogP contribution < -0.4 is 10.5 Å². The molecule has 142 valence electrons. The average molecular weight is 376 g/mol. The summed E-state index contributed by atoms with van der Waals surface area (Å²) in [5.41, 5.74) is 7.01. The number of pyridine rings is 1. The average Bonchev–Trinajstić information content (AvgIpc) is 3.13. The number of benzene rings is 1. The molecule has 2 aromatic heterocycles. The van der Waals surface area contributed by atoms with Crippen molar-refractivity contribution in [2.24, 2.45) is 5.73 Å². The highest BCUT2D eigenvalue weighted by molar-refractivity contribution is 5.63. The molecule has 2 heterocycles. The van der Waals surface area contributed by atoms with Gasteiger partial charge in [0.15, 0.2) is 5.69 Å². The third-order valence-electron chi connectivity index (χ3n) is 4.09. The molecule has 3 rings (SSSR count). The first-order valence-corrected chi connectivity index (χ1v) is 8.39. The summed E-state index contributed by atoms with van der Waals surface area (Å²) < 4.78 is 45.9. The fourth-order valence-electron chi connectivity index (χ4n) is 2.69. The standard InChI is InChI=1S/C19H19F3N4O/c1-27-18-9-8-15(12-24-18)26-16(11-17(25-26)19(20,21)22)14-6-4-13(5-7-14)3-2-10-23/h4-9,11-12H,2-3,10,23H2,1H3. The number of aromatic nitrogens is 3. The van der Waals surface area contributed by atoms with E-state index in [9.17, 15) is 13.2 Å². The van der Waals surface area contributed by atoms with Gasteiger partial charge in [0.1, 0.15) is 0 Å². The molecule has 8 heteroatoms. The van der Waals surface area contributed by atoms with Crippen LogP contribution in [-0.4, -0.2) is 28.4 Å². The molecule has 2 N–H and O–H groups in total. The Morgan fingerprint density at radius 1 is 1.11 bits per heavy atom. The maximum Gasteiger partial charge on any atom is 0.435 e. The van der Waals surface area contributed by atoms with Crippen molar-refractivity contribution in [2.75, 3.05) is 13.7 Å². The Bertz CT molecular complexity index is 887. The van der Waals surface area contributed by atoms with Gasteiger partial charge in [-0.25, -0.2) is 9.67 Å². The first kappa shape index (κ1) is 18.9. The summed E-state index contributed by atoms with van der Waals surface area (Å²) in [5.74, 6) is 0.368.